The molecule has 1 aromatic carbocycles. The van der Waals surface area contributed by atoms with E-state index in [2.05, 4.69) is 15.5 Å². The molecular weight excluding hydrogens is 386 g/mol. The van der Waals surface area contributed by atoms with Crippen molar-refractivity contribution in [1.82, 2.24) is 24.5 Å². The predicted molar refractivity (Wildman–Crippen MR) is 114 cm³/mol. The van der Waals surface area contributed by atoms with Crippen LogP contribution in [0.1, 0.15) is 44.1 Å². The van der Waals surface area contributed by atoms with Gasteiger partial charge in [-0.05, 0) is 30.4 Å². The Bertz CT molecular complexity index is 1210. The van der Waals surface area contributed by atoms with Gasteiger partial charge in [0.05, 0.1) is 11.6 Å². The largest absolute Gasteiger partial charge is 0.350 e. The van der Waals surface area contributed by atoms with Crippen LogP contribution in [0.2, 0.25) is 0 Å². The van der Waals surface area contributed by atoms with E-state index >= 15 is 0 Å². The summed E-state index contributed by atoms with van der Waals surface area (Å²) < 4.78 is 4.28. The standard InChI is InChI=1S/C21H23N5O2S/c1-3-12-25-20(28)19-16(11-13-29-19)26-17(23-24-21(25)26)9-10-18(27)22-14(2)15-7-5-4-6-8-15/h4-8,11,13-14H,3,9-10,12H2,1-2H3,(H,22,27). The zero-order chi connectivity index (χ0) is 20.4. The minimum Gasteiger partial charge on any atom is -0.350 e. The highest BCUT2D eigenvalue weighted by Crippen LogP contribution is 2.20. The molecule has 1 atom stereocenters. The SMILES string of the molecule is CCCn1c(=O)c2sccc2n2c(CCC(=O)NC(C)c3ccccc3)nnc12. The molecule has 0 aliphatic carbocycles. The molecule has 0 radical (unpaired) electrons. The number of amides is 1. The van der Waals surface area contributed by atoms with Crippen LogP contribution in [0, 0.1) is 0 Å². The van der Waals surface area contributed by atoms with Crippen LogP contribution in [0.15, 0.2) is 46.6 Å². The van der Waals surface area contributed by atoms with Gasteiger partial charge >= 0.3 is 0 Å². The summed E-state index contributed by atoms with van der Waals surface area (Å²) in [5, 5.41) is 13.5. The molecule has 0 fully saturated rings. The second-order valence-corrected chi connectivity index (χ2v) is 7.96. The molecule has 0 aliphatic heterocycles. The van der Waals surface area contributed by atoms with Gasteiger partial charge in [-0.3, -0.25) is 18.6 Å². The van der Waals surface area contributed by atoms with Crippen molar-refractivity contribution in [2.75, 3.05) is 0 Å². The van der Waals surface area contributed by atoms with E-state index in [4.69, 9.17) is 0 Å². The van der Waals surface area contributed by atoms with Crippen LogP contribution in [-0.4, -0.2) is 25.1 Å². The van der Waals surface area contributed by atoms with Crippen LogP contribution >= 0.6 is 11.3 Å². The highest BCUT2D eigenvalue weighted by molar-refractivity contribution is 7.17. The van der Waals surface area contributed by atoms with E-state index in [0.29, 0.717) is 35.7 Å². The highest BCUT2D eigenvalue weighted by Gasteiger charge is 2.18. The van der Waals surface area contributed by atoms with Crippen molar-refractivity contribution < 1.29 is 4.79 Å². The summed E-state index contributed by atoms with van der Waals surface area (Å²) in [5.41, 5.74) is 1.84. The van der Waals surface area contributed by atoms with Gasteiger partial charge in [0.15, 0.2) is 0 Å². The van der Waals surface area contributed by atoms with Crippen LogP contribution in [0.4, 0.5) is 0 Å². The van der Waals surface area contributed by atoms with Crippen LogP contribution in [0.5, 0.6) is 0 Å². The van der Waals surface area contributed by atoms with Gasteiger partial charge in [0.25, 0.3) is 5.56 Å². The fraction of sp³-hybridized carbons (Fsp3) is 0.333. The molecule has 4 aromatic rings. The third kappa shape index (κ3) is 3.67. The van der Waals surface area contributed by atoms with Crippen LogP contribution in [0.25, 0.3) is 16.0 Å². The lowest BCUT2D eigenvalue weighted by Crippen LogP contribution is -2.27. The molecule has 8 heteroatoms. The van der Waals surface area contributed by atoms with Gasteiger partial charge in [-0.1, -0.05) is 37.3 Å². The van der Waals surface area contributed by atoms with Crippen LogP contribution in [-0.2, 0) is 17.8 Å². The molecule has 3 aromatic heterocycles. The number of fused-ring (bicyclic) bond motifs is 3. The lowest BCUT2D eigenvalue weighted by molar-refractivity contribution is -0.121. The lowest BCUT2D eigenvalue weighted by Gasteiger charge is -2.14. The van der Waals surface area contributed by atoms with Gasteiger partial charge < -0.3 is 5.32 Å². The van der Waals surface area contributed by atoms with Crippen molar-refractivity contribution in [3.8, 4) is 0 Å². The minimum absolute atomic E-state index is 0.0299. The fourth-order valence-electron chi connectivity index (χ4n) is 3.53. The number of benzene rings is 1. The Balaban J connectivity index is 1.57. The van der Waals surface area contributed by atoms with Gasteiger partial charge in [0.1, 0.15) is 10.5 Å². The van der Waals surface area contributed by atoms with E-state index < -0.39 is 0 Å². The predicted octanol–water partition coefficient (Wildman–Crippen LogP) is 3.33. The minimum atomic E-state index is -0.0582. The molecule has 0 saturated heterocycles. The Kier molecular flexibility index (Phi) is 5.44. The smallest absolute Gasteiger partial charge is 0.272 e. The zero-order valence-electron chi connectivity index (χ0n) is 16.5. The van der Waals surface area contributed by atoms with Crippen LogP contribution in [0.3, 0.4) is 0 Å². The molecule has 150 valence electrons. The van der Waals surface area contributed by atoms with Crippen molar-refractivity contribution in [2.45, 2.75) is 45.7 Å². The molecule has 7 nitrogen and oxygen atoms in total. The summed E-state index contributed by atoms with van der Waals surface area (Å²) in [6, 6.07) is 11.7. The fourth-order valence-corrected chi connectivity index (χ4v) is 4.36. The molecule has 1 unspecified atom stereocenters. The maximum Gasteiger partial charge on any atom is 0.272 e. The average Bonchev–Trinajstić information content (AvgIpc) is 3.37. The van der Waals surface area contributed by atoms with E-state index in [1.54, 1.807) is 4.57 Å². The number of rotatable bonds is 7. The Morgan fingerprint density at radius 3 is 2.76 bits per heavy atom. The zero-order valence-corrected chi connectivity index (χ0v) is 17.3. The maximum atomic E-state index is 12.8. The Morgan fingerprint density at radius 2 is 2.00 bits per heavy atom. The van der Waals surface area contributed by atoms with Crippen molar-refractivity contribution in [3.05, 3.63) is 63.5 Å². The molecular formula is C21H23N5O2S. The van der Waals surface area contributed by atoms with E-state index in [9.17, 15) is 9.59 Å². The van der Waals surface area contributed by atoms with Crippen molar-refractivity contribution in [1.29, 1.82) is 0 Å². The van der Waals surface area contributed by atoms with Crippen molar-refractivity contribution in [2.24, 2.45) is 0 Å². The summed E-state index contributed by atoms with van der Waals surface area (Å²) in [7, 11) is 0. The molecule has 29 heavy (non-hydrogen) atoms. The summed E-state index contributed by atoms with van der Waals surface area (Å²) in [4.78, 5) is 25.2. The Morgan fingerprint density at radius 1 is 1.21 bits per heavy atom. The van der Waals surface area contributed by atoms with E-state index in [1.807, 2.05) is 60.0 Å². The quantitative estimate of drug-likeness (QED) is 0.508. The number of aromatic nitrogens is 4. The first-order valence-electron chi connectivity index (χ1n) is 9.78. The molecule has 0 aliphatic rings. The topological polar surface area (TPSA) is 81.3 Å². The maximum absolute atomic E-state index is 12.8. The molecule has 0 spiro atoms. The molecule has 3 heterocycles. The second kappa shape index (κ2) is 8.16. The molecule has 1 amide bonds. The van der Waals surface area contributed by atoms with Gasteiger partial charge in [0.2, 0.25) is 11.7 Å². The number of carbonyl (C=O) groups excluding carboxylic acids is 1. The first-order chi connectivity index (χ1) is 14.1. The molecule has 0 bridgehead atoms. The second-order valence-electron chi connectivity index (χ2n) is 7.04. The monoisotopic (exact) mass is 409 g/mol. The number of aryl methyl sites for hydroxylation is 2. The first-order valence-corrected chi connectivity index (χ1v) is 10.7. The average molecular weight is 410 g/mol. The number of nitrogens with one attached hydrogen (secondary N) is 1. The lowest BCUT2D eigenvalue weighted by atomic mass is 10.1. The molecule has 4 rings (SSSR count). The number of carbonyl (C=O) groups is 1. The highest BCUT2D eigenvalue weighted by atomic mass is 32.1. The van der Waals surface area contributed by atoms with Gasteiger partial charge in [-0.25, -0.2) is 0 Å². The molecule has 0 saturated carbocycles. The van der Waals surface area contributed by atoms with Crippen LogP contribution < -0.4 is 10.9 Å². The number of hydrogen-bond donors (Lipinski definition) is 1. The van der Waals surface area contributed by atoms with Gasteiger partial charge in [-0.15, -0.1) is 21.5 Å². The summed E-state index contributed by atoms with van der Waals surface area (Å²) in [6.45, 7) is 4.58. The van der Waals surface area contributed by atoms with E-state index in [-0.39, 0.29) is 17.5 Å². The third-order valence-electron chi connectivity index (χ3n) is 4.98. The normalized spacial score (nSPS) is 12.5. The third-order valence-corrected chi connectivity index (χ3v) is 5.87. The van der Waals surface area contributed by atoms with Crippen molar-refractivity contribution >= 4 is 33.2 Å². The van der Waals surface area contributed by atoms with Gasteiger partial charge in [-0.2, -0.15) is 0 Å². The Labute approximate surface area is 172 Å². The first kappa shape index (κ1) is 19.3. The van der Waals surface area contributed by atoms with Crippen molar-refractivity contribution in [3.63, 3.8) is 0 Å². The van der Waals surface area contributed by atoms with E-state index in [0.717, 1.165) is 17.5 Å². The number of hydrogen-bond acceptors (Lipinski definition) is 5. The molecule has 1 N–H and O–H groups in total. The summed E-state index contributed by atoms with van der Waals surface area (Å²) in [6.07, 6.45) is 1.58. The van der Waals surface area contributed by atoms with Gasteiger partial charge in [0, 0.05) is 19.4 Å². The summed E-state index contributed by atoms with van der Waals surface area (Å²) in [5.74, 6) is 1.19. The number of nitrogens with zero attached hydrogens (tertiary/aromatic N) is 4. The van der Waals surface area contributed by atoms with E-state index in [1.165, 1.54) is 11.3 Å². The number of thiophene rings is 1. The Hall–Kier alpha value is -3.00. The summed E-state index contributed by atoms with van der Waals surface area (Å²) >= 11 is 1.42.